The van der Waals surface area contributed by atoms with E-state index in [2.05, 4.69) is 26.0 Å². The number of ether oxygens (including phenoxy) is 1. The van der Waals surface area contributed by atoms with Crippen LogP contribution in [0.3, 0.4) is 0 Å². The molecule has 0 N–H and O–H groups in total. The van der Waals surface area contributed by atoms with Crippen LogP contribution in [0.1, 0.15) is 32.4 Å². The number of aromatic nitrogens is 2. The molecule has 2 heterocycles. The summed E-state index contributed by atoms with van der Waals surface area (Å²) in [6, 6.07) is 13.0. The predicted octanol–water partition coefficient (Wildman–Crippen LogP) is 5.52. The first-order valence-electron chi connectivity index (χ1n) is 10.3. The fourth-order valence-corrected chi connectivity index (χ4v) is 3.78. The van der Waals surface area contributed by atoms with Crippen LogP contribution in [0.4, 0.5) is 5.69 Å². The molecule has 10 heteroatoms. The SMILES string of the molecule is COc1cc([N+](=O)[O-])ccc1-c1ccc(C=Nn2c(C(C)(C)C)nc3ccc(Br)cc3c2=O)o1. The minimum Gasteiger partial charge on any atom is -0.496 e. The molecule has 4 rings (SSSR count). The van der Waals surface area contributed by atoms with E-state index in [0.29, 0.717) is 39.6 Å². The summed E-state index contributed by atoms with van der Waals surface area (Å²) in [6.07, 6.45) is 1.43. The highest BCUT2D eigenvalue weighted by molar-refractivity contribution is 9.10. The van der Waals surface area contributed by atoms with Crippen LogP contribution in [-0.2, 0) is 5.41 Å². The van der Waals surface area contributed by atoms with Gasteiger partial charge in [0.25, 0.3) is 11.2 Å². The van der Waals surface area contributed by atoms with Crippen LogP contribution in [0, 0.1) is 10.1 Å². The van der Waals surface area contributed by atoms with Crippen molar-refractivity contribution < 1.29 is 14.1 Å². The van der Waals surface area contributed by atoms with Crippen molar-refractivity contribution in [1.29, 1.82) is 0 Å². The summed E-state index contributed by atoms with van der Waals surface area (Å²) >= 11 is 3.40. The molecule has 2 aromatic heterocycles. The highest BCUT2D eigenvalue weighted by atomic mass is 79.9. The number of non-ortho nitro benzene ring substituents is 1. The largest absolute Gasteiger partial charge is 0.496 e. The number of nitro benzene ring substituents is 1. The van der Waals surface area contributed by atoms with Gasteiger partial charge in [0.15, 0.2) is 0 Å². The monoisotopic (exact) mass is 524 g/mol. The van der Waals surface area contributed by atoms with Gasteiger partial charge in [-0.3, -0.25) is 14.9 Å². The number of halogens is 1. The number of furan rings is 1. The molecule has 0 amide bonds. The quantitative estimate of drug-likeness (QED) is 0.193. The lowest BCUT2D eigenvalue weighted by Crippen LogP contribution is -2.29. The van der Waals surface area contributed by atoms with Crippen molar-refractivity contribution in [2.24, 2.45) is 5.10 Å². The molecule has 0 aliphatic heterocycles. The fraction of sp³-hybridized carbons (Fsp3) is 0.208. The maximum Gasteiger partial charge on any atom is 0.282 e. The first-order chi connectivity index (χ1) is 16.1. The van der Waals surface area contributed by atoms with Crippen molar-refractivity contribution in [2.75, 3.05) is 7.11 Å². The second-order valence-electron chi connectivity index (χ2n) is 8.55. The normalized spacial score (nSPS) is 11.9. The predicted molar refractivity (Wildman–Crippen MR) is 133 cm³/mol. The standard InChI is InChI=1S/C24H21BrN4O5/c1-24(2,3)23-27-19-9-5-14(25)11-18(19)22(30)28(23)26-13-16-7-10-20(34-16)17-8-6-15(29(31)32)12-21(17)33-4/h5-13H,1-4H3. The maximum absolute atomic E-state index is 13.3. The summed E-state index contributed by atoms with van der Waals surface area (Å²) in [4.78, 5) is 28.5. The van der Waals surface area contributed by atoms with E-state index in [1.807, 2.05) is 26.8 Å². The minimum atomic E-state index is -0.493. The number of methoxy groups -OCH3 is 1. The second kappa shape index (κ2) is 8.86. The Morgan fingerprint density at radius 3 is 2.62 bits per heavy atom. The van der Waals surface area contributed by atoms with Crippen LogP contribution in [0.25, 0.3) is 22.2 Å². The van der Waals surface area contributed by atoms with Gasteiger partial charge in [-0.15, -0.1) is 0 Å². The van der Waals surface area contributed by atoms with Gasteiger partial charge in [-0.25, -0.2) is 4.98 Å². The molecular formula is C24H21BrN4O5. The van der Waals surface area contributed by atoms with Gasteiger partial charge in [-0.1, -0.05) is 36.7 Å². The molecule has 2 aromatic carbocycles. The number of rotatable bonds is 5. The zero-order valence-electron chi connectivity index (χ0n) is 18.9. The van der Waals surface area contributed by atoms with Crippen molar-refractivity contribution >= 4 is 38.7 Å². The molecule has 34 heavy (non-hydrogen) atoms. The highest BCUT2D eigenvalue weighted by Crippen LogP contribution is 2.34. The van der Waals surface area contributed by atoms with E-state index < -0.39 is 10.3 Å². The van der Waals surface area contributed by atoms with Gasteiger partial charge >= 0.3 is 0 Å². The molecule has 4 aromatic rings. The van der Waals surface area contributed by atoms with Crippen LogP contribution in [0.5, 0.6) is 5.75 Å². The zero-order valence-corrected chi connectivity index (χ0v) is 20.5. The van der Waals surface area contributed by atoms with Crippen molar-refractivity contribution in [2.45, 2.75) is 26.2 Å². The average Bonchev–Trinajstić information content (AvgIpc) is 3.26. The number of benzene rings is 2. The molecule has 0 bridgehead atoms. The average molecular weight is 525 g/mol. The van der Waals surface area contributed by atoms with Crippen molar-refractivity contribution in [1.82, 2.24) is 9.66 Å². The summed E-state index contributed by atoms with van der Waals surface area (Å²) in [7, 11) is 1.43. The van der Waals surface area contributed by atoms with Crippen molar-refractivity contribution in [3.63, 3.8) is 0 Å². The van der Waals surface area contributed by atoms with Crippen LogP contribution >= 0.6 is 15.9 Å². The van der Waals surface area contributed by atoms with Crippen LogP contribution < -0.4 is 10.3 Å². The van der Waals surface area contributed by atoms with Gasteiger partial charge in [-0.05, 0) is 36.4 Å². The Morgan fingerprint density at radius 2 is 1.94 bits per heavy atom. The third kappa shape index (κ3) is 4.49. The molecule has 0 fully saturated rings. The number of hydrogen-bond donors (Lipinski definition) is 0. The first-order valence-corrected chi connectivity index (χ1v) is 11.1. The Labute approximate surface area is 203 Å². The van der Waals surface area contributed by atoms with E-state index in [-0.39, 0.29) is 11.2 Å². The van der Waals surface area contributed by atoms with E-state index in [4.69, 9.17) is 9.15 Å². The smallest absolute Gasteiger partial charge is 0.282 e. The lowest BCUT2D eigenvalue weighted by molar-refractivity contribution is -0.384. The van der Waals surface area contributed by atoms with Gasteiger partial charge in [0, 0.05) is 16.0 Å². The first kappa shape index (κ1) is 23.4. The Morgan fingerprint density at radius 1 is 1.18 bits per heavy atom. The van der Waals surface area contributed by atoms with Crippen LogP contribution in [0.2, 0.25) is 0 Å². The summed E-state index contributed by atoms with van der Waals surface area (Å²) in [6.45, 7) is 5.87. The van der Waals surface area contributed by atoms with Gasteiger partial charge in [0.2, 0.25) is 0 Å². The molecule has 0 unspecified atom stereocenters. The molecule has 0 radical (unpaired) electrons. The molecule has 0 saturated carbocycles. The van der Waals surface area contributed by atoms with Gasteiger partial charge in [0.05, 0.1) is 40.8 Å². The Hall–Kier alpha value is -3.79. The number of nitro groups is 1. The number of fused-ring (bicyclic) bond motifs is 1. The van der Waals surface area contributed by atoms with E-state index in [1.54, 1.807) is 30.3 Å². The Bertz CT molecular complexity index is 1500. The molecule has 0 aliphatic rings. The lowest BCUT2D eigenvalue weighted by Gasteiger charge is -2.20. The molecule has 0 saturated heterocycles. The zero-order chi connectivity index (χ0) is 24.6. The third-order valence-electron chi connectivity index (χ3n) is 5.07. The van der Waals surface area contributed by atoms with Crippen LogP contribution in [-0.4, -0.2) is 27.9 Å². The van der Waals surface area contributed by atoms with Gasteiger partial charge in [0.1, 0.15) is 23.1 Å². The van der Waals surface area contributed by atoms with Crippen LogP contribution in [0.15, 0.2) is 67.3 Å². The van der Waals surface area contributed by atoms with E-state index in [9.17, 15) is 14.9 Å². The maximum atomic E-state index is 13.3. The fourth-order valence-electron chi connectivity index (χ4n) is 3.42. The third-order valence-corrected chi connectivity index (χ3v) is 5.56. The second-order valence-corrected chi connectivity index (χ2v) is 9.47. The molecule has 0 spiro atoms. The van der Waals surface area contributed by atoms with Crippen molar-refractivity contribution in [3.05, 3.63) is 85.1 Å². The van der Waals surface area contributed by atoms with Gasteiger partial charge < -0.3 is 9.15 Å². The van der Waals surface area contributed by atoms with E-state index in [0.717, 1.165) is 4.47 Å². The molecular weight excluding hydrogens is 504 g/mol. The van der Waals surface area contributed by atoms with Gasteiger partial charge in [-0.2, -0.15) is 9.78 Å². The number of hydrogen-bond acceptors (Lipinski definition) is 7. The Balaban J connectivity index is 1.76. The molecule has 174 valence electrons. The topological polar surface area (TPSA) is 113 Å². The summed E-state index contributed by atoms with van der Waals surface area (Å²) < 4.78 is 13.2. The highest BCUT2D eigenvalue weighted by Gasteiger charge is 2.23. The summed E-state index contributed by atoms with van der Waals surface area (Å²) in [5.41, 5.74) is 0.320. The van der Waals surface area contributed by atoms with E-state index in [1.165, 1.54) is 30.1 Å². The summed E-state index contributed by atoms with van der Waals surface area (Å²) in [5, 5.41) is 15.9. The molecule has 0 aliphatic carbocycles. The minimum absolute atomic E-state index is 0.0848. The number of nitrogens with zero attached hydrogens (tertiary/aromatic N) is 4. The lowest BCUT2D eigenvalue weighted by atomic mass is 9.95. The Kier molecular flexibility index (Phi) is 6.09. The van der Waals surface area contributed by atoms with E-state index >= 15 is 0 Å². The molecule has 9 nitrogen and oxygen atoms in total. The summed E-state index contributed by atoms with van der Waals surface area (Å²) in [5.74, 6) is 1.64. The molecule has 0 atom stereocenters. The van der Waals surface area contributed by atoms with Crippen molar-refractivity contribution in [3.8, 4) is 17.1 Å².